The van der Waals surface area contributed by atoms with Gasteiger partial charge in [0.05, 0.1) is 5.92 Å². The van der Waals surface area contributed by atoms with E-state index in [1.54, 1.807) is 0 Å². The molecule has 1 aromatic carbocycles. The Labute approximate surface area is 84.4 Å². The Morgan fingerprint density at radius 1 is 1.21 bits per heavy atom. The maximum Gasteiger partial charge on any atom is 0.256 e. The Morgan fingerprint density at radius 2 is 1.93 bits per heavy atom. The topological polar surface area (TPSA) is 29.9 Å². The Hall–Kier alpha value is -1.31. The third-order valence-electron chi connectivity index (χ3n) is 2.86. The van der Waals surface area contributed by atoms with E-state index < -0.39 is 0 Å². The van der Waals surface area contributed by atoms with Gasteiger partial charge in [-0.3, -0.25) is 0 Å². The second-order valence-electron chi connectivity index (χ2n) is 3.72. The van der Waals surface area contributed by atoms with Gasteiger partial charge in [-0.1, -0.05) is 26.0 Å². The van der Waals surface area contributed by atoms with E-state index in [0.29, 0.717) is 5.92 Å². The lowest BCUT2D eigenvalue weighted by molar-refractivity contribution is -0.361. The summed E-state index contributed by atoms with van der Waals surface area (Å²) in [6, 6.07) is 8.34. The van der Waals surface area contributed by atoms with Gasteiger partial charge in [0, 0.05) is 0 Å². The highest BCUT2D eigenvalue weighted by molar-refractivity contribution is 5.70. The number of rotatable bonds is 3. The summed E-state index contributed by atoms with van der Waals surface area (Å²) in [6.45, 7) is 4.46. The van der Waals surface area contributed by atoms with E-state index in [4.69, 9.17) is 0 Å². The van der Waals surface area contributed by atoms with Crippen molar-refractivity contribution in [3.8, 4) is 0 Å². The molecule has 0 aliphatic heterocycles. The quantitative estimate of drug-likeness (QED) is 0.769. The van der Waals surface area contributed by atoms with Crippen LogP contribution >= 0.6 is 0 Å². The fraction of sp³-hybridized carbons (Fsp3) is 0.417. The van der Waals surface area contributed by atoms with Crippen LogP contribution in [0.25, 0.3) is 11.0 Å². The van der Waals surface area contributed by atoms with Crippen LogP contribution in [0, 0.1) is 0 Å². The van der Waals surface area contributed by atoms with Crippen molar-refractivity contribution in [1.82, 2.24) is 4.98 Å². The molecule has 0 saturated heterocycles. The van der Waals surface area contributed by atoms with Gasteiger partial charge in [0.25, 0.3) is 5.82 Å². The smallest absolute Gasteiger partial charge is 0.241 e. The van der Waals surface area contributed by atoms with Crippen molar-refractivity contribution in [3.05, 3.63) is 30.1 Å². The summed E-state index contributed by atoms with van der Waals surface area (Å²) in [5.41, 5.74) is 2.41. The number of fused-ring (bicyclic) bond motifs is 1. The molecule has 1 aromatic heterocycles. The molecule has 0 amide bonds. The summed E-state index contributed by atoms with van der Waals surface area (Å²) in [5, 5.41) is 0. The average molecular weight is 189 g/mol. The molecule has 0 fully saturated rings. The standard InChI is InChI=1S/C12H16N2/c1-3-9(4-2)12-13-10-7-5-6-8-11(10)14-12/h5-9H,3-4H2,1-2H3,(H,13,14)/p+1. The lowest BCUT2D eigenvalue weighted by atomic mass is 10.0. The number of hydrogen-bond donors (Lipinski definition) is 1. The second-order valence-corrected chi connectivity index (χ2v) is 3.72. The molecule has 0 aliphatic rings. The molecule has 0 bridgehead atoms. The van der Waals surface area contributed by atoms with Gasteiger partial charge >= 0.3 is 0 Å². The van der Waals surface area contributed by atoms with E-state index in [0.717, 1.165) is 0 Å². The largest absolute Gasteiger partial charge is 0.256 e. The predicted octanol–water partition coefficient (Wildman–Crippen LogP) is 2.89. The lowest BCUT2D eigenvalue weighted by Gasteiger charge is -2.02. The molecule has 0 aliphatic carbocycles. The first kappa shape index (κ1) is 9.25. The normalized spacial score (nSPS) is 11.4. The minimum Gasteiger partial charge on any atom is -0.241 e. The highest BCUT2D eigenvalue weighted by atomic mass is 14.9. The Balaban J connectivity index is 2.43. The van der Waals surface area contributed by atoms with Crippen LogP contribution in [0.1, 0.15) is 38.4 Å². The summed E-state index contributed by atoms with van der Waals surface area (Å²) in [7, 11) is 0. The summed E-state index contributed by atoms with van der Waals surface area (Å²) < 4.78 is 0. The number of aromatic nitrogens is 2. The third kappa shape index (κ3) is 1.52. The molecular formula is C12H17N2+. The zero-order chi connectivity index (χ0) is 9.97. The first-order valence-electron chi connectivity index (χ1n) is 5.35. The van der Waals surface area contributed by atoms with Crippen LogP contribution in [0.2, 0.25) is 0 Å². The number of benzene rings is 1. The monoisotopic (exact) mass is 189 g/mol. The number of aromatic amines is 2. The van der Waals surface area contributed by atoms with Gasteiger partial charge in [0.15, 0.2) is 11.0 Å². The molecule has 0 spiro atoms. The lowest BCUT2D eigenvalue weighted by Crippen LogP contribution is -2.11. The third-order valence-corrected chi connectivity index (χ3v) is 2.86. The number of para-hydroxylation sites is 2. The van der Waals surface area contributed by atoms with Crippen molar-refractivity contribution >= 4 is 11.0 Å². The molecule has 0 atom stereocenters. The van der Waals surface area contributed by atoms with Crippen LogP contribution < -0.4 is 4.98 Å². The van der Waals surface area contributed by atoms with Gasteiger partial charge in [-0.15, -0.1) is 0 Å². The number of hydrogen-bond acceptors (Lipinski definition) is 0. The van der Waals surface area contributed by atoms with Crippen LogP contribution in [0.3, 0.4) is 0 Å². The second kappa shape index (κ2) is 3.82. The summed E-state index contributed by atoms with van der Waals surface area (Å²) in [4.78, 5) is 6.88. The first-order chi connectivity index (χ1) is 6.85. The number of H-pyrrole nitrogens is 2. The highest BCUT2D eigenvalue weighted by Crippen LogP contribution is 2.19. The molecule has 2 heteroatoms. The average Bonchev–Trinajstić information content (AvgIpc) is 2.63. The predicted molar refractivity (Wildman–Crippen MR) is 58.2 cm³/mol. The Bertz CT molecular complexity index is 380. The van der Waals surface area contributed by atoms with Crippen LogP contribution in [0.15, 0.2) is 24.3 Å². The first-order valence-corrected chi connectivity index (χ1v) is 5.35. The van der Waals surface area contributed by atoms with Gasteiger partial charge in [0.2, 0.25) is 0 Å². The molecule has 2 N–H and O–H groups in total. The highest BCUT2D eigenvalue weighted by Gasteiger charge is 2.17. The van der Waals surface area contributed by atoms with Crippen molar-refractivity contribution in [2.45, 2.75) is 32.6 Å². The van der Waals surface area contributed by atoms with Crippen molar-refractivity contribution in [3.63, 3.8) is 0 Å². The summed E-state index contributed by atoms with van der Waals surface area (Å²) in [5.74, 6) is 1.89. The van der Waals surface area contributed by atoms with Gasteiger partial charge in [-0.25, -0.2) is 9.97 Å². The number of imidazole rings is 1. The number of nitrogens with one attached hydrogen (secondary N) is 2. The van der Waals surface area contributed by atoms with E-state index in [1.165, 1.54) is 29.7 Å². The SMILES string of the molecule is CCC(CC)c1[nH]c2ccccc2[nH+]1. The molecule has 74 valence electrons. The molecule has 2 aromatic rings. The molecule has 2 nitrogen and oxygen atoms in total. The van der Waals surface area contributed by atoms with Crippen molar-refractivity contribution in [2.24, 2.45) is 0 Å². The molecule has 2 rings (SSSR count). The van der Waals surface area contributed by atoms with Crippen molar-refractivity contribution in [2.75, 3.05) is 0 Å². The fourth-order valence-electron chi connectivity index (χ4n) is 1.92. The molecule has 14 heavy (non-hydrogen) atoms. The van der Waals surface area contributed by atoms with E-state index in [2.05, 4.69) is 48.1 Å². The van der Waals surface area contributed by atoms with E-state index in [1.807, 2.05) is 0 Å². The van der Waals surface area contributed by atoms with Gasteiger partial charge in [0.1, 0.15) is 0 Å². The van der Waals surface area contributed by atoms with Crippen molar-refractivity contribution < 1.29 is 4.98 Å². The van der Waals surface area contributed by atoms with Crippen LogP contribution in [0.5, 0.6) is 0 Å². The zero-order valence-corrected chi connectivity index (χ0v) is 8.80. The summed E-state index contributed by atoms with van der Waals surface area (Å²) >= 11 is 0. The maximum atomic E-state index is 3.44. The minimum absolute atomic E-state index is 0.627. The van der Waals surface area contributed by atoms with Gasteiger partial charge in [-0.2, -0.15) is 0 Å². The van der Waals surface area contributed by atoms with E-state index in [9.17, 15) is 0 Å². The van der Waals surface area contributed by atoms with Crippen LogP contribution in [-0.2, 0) is 0 Å². The molecular weight excluding hydrogens is 172 g/mol. The molecule has 1 heterocycles. The fourth-order valence-corrected chi connectivity index (χ4v) is 1.92. The molecule has 0 radical (unpaired) electrons. The molecule has 0 unspecified atom stereocenters. The van der Waals surface area contributed by atoms with Gasteiger partial charge in [-0.05, 0) is 25.0 Å². The van der Waals surface area contributed by atoms with Gasteiger partial charge < -0.3 is 0 Å². The van der Waals surface area contributed by atoms with Crippen LogP contribution in [-0.4, -0.2) is 4.98 Å². The summed E-state index contributed by atoms with van der Waals surface area (Å²) in [6.07, 6.45) is 2.36. The van der Waals surface area contributed by atoms with E-state index in [-0.39, 0.29) is 0 Å². The zero-order valence-electron chi connectivity index (χ0n) is 8.80. The Morgan fingerprint density at radius 3 is 2.57 bits per heavy atom. The Kier molecular flexibility index (Phi) is 2.53. The van der Waals surface area contributed by atoms with Crippen molar-refractivity contribution in [1.29, 1.82) is 0 Å². The molecule has 0 saturated carbocycles. The maximum absolute atomic E-state index is 3.44. The minimum atomic E-state index is 0.627. The van der Waals surface area contributed by atoms with E-state index >= 15 is 0 Å². The van der Waals surface area contributed by atoms with Crippen LogP contribution in [0.4, 0.5) is 0 Å².